The molecule has 0 fully saturated rings. The van der Waals surface area contributed by atoms with Gasteiger partial charge in [0.1, 0.15) is 11.6 Å². The second kappa shape index (κ2) is 2.93. The van der Waals surface area contributed by atoms with Crippen LogP contribution in [0.2, 0.25) is 0 Å². The molecule has 0 radical (unpaired) electrons. The molecule has 80 valence electrons. The lowest BCUT2D eigenvalue weighted by Crippen LogP contribution is -2.20. The highest BCUT2D eigenvalue weighted by Crippen LogP contribution is 2.17. The van der Waals surface area contributed by atoms with Gasteiger partial charge in [0.05, 0.1) is 11.8 Å². The highest BCUT2D eigenvalue weighted by Gasteiger charge is 2.22. The molecule has 0 atom stereocenters. The average Bonchev–Trinajstić information content (AvgIpc) is 2.81. The third-order valence-electron chi connectivity index (χ3n) is 2.83. The van der Waals surface area contributed by atoms with Crippen LogP contribution in [0, 0.1) is 11.3 Å². The molecule has 0 unspecified atom stereocenters. The van der Waals surface area contributed by atoms with E-state index in [2.05, 4.69) is 10.1 Å². The van der Waals surface area contributed by atoms with Crippen molar-refractivity contribution >= 4 is 5.65 Å². The Morgan fingerprint density at radius 2 is 2.38 bits per heavy atom. The largest absolute Gasteiger partial charge is 0.341 e. The molecule has 6 heteroatoms. The minimum atomic E-state index is -0.130. The molecule has 2 aromatic rings. The van der Waals surface area contributed by atoms with Gasteiger partial charge in [0, 0.05) is 18.8 Å². The Kier molecular flexibility index (Phi) is 1.67. The van der Waals surface area contributed by atoms with E-state index < -0.39 is 0 Å². The fourth-order valence-corrected chi connectivity index (χ4v) is 2.07. The van der Waals surface area contributed by atoms with Crippen molar-refractivity contribution in [1.29, 1.82) is 5.26 Å². The quantitative estimate of drug-likeness (QED) is 0.662. The molecule has 3 heterocycles. The Bertz CT molecular complexity index is 675. The van der Waals surface area contributed by atoms with Crippen molar-refractivity contribution in [2.75, 3.05) is 7.05 Å². The van der Waals surface area contributed by atoms with Gasteiger partial charge in [-0.05, 0) is 7.05 Å². The maximum atomic E-state index is 12.0. The highest BCUT2D eigenvalue weighted by atomic mass is 16.1. The SMILES string of the molecule is CN1Cc2[nH]c3c(C#N)cnn3c(=O)c2C1. The number of nitrogens with zero attached hydrogens (tertiary/aromatic N) is 4. The van der Waals surface area contributed by atoms with Crippen LogP contribution in [0.25, 0.3) is 5.65 Å². The Hall–Kier alpha value is -2.13. The van der Waals surface area contributed by atoms with Crippen LogP contribution in [0.1, 0.15) is 16.8 Å². The lowest BCUT2D eigenvalue weighted by Gasteiger charge is -2.02. The summed E-state index contributed by atoms with van der Waals surface area (Å²) in [4.78, 5) is 17.2. The lowest BCUT2D eigenvalue weighted by molar-refractivity contribution is 0.350. The summed E-state index contributed by atoms with van der Waals surface area (Å²) < 4.78 is 1.26. The van der Waals surface area contributed by atoms with E-state index in [-0.39, 0.29) is 5.56 Å². The van der Waals surface area contributed by atoms with Crippen molar-refractivity contribution in [3.8, 4) is 6.07 Å². The first-order valence-corrected chi connectivity index (χ1v) is 4.91. The number of hydrogen-bond acceptors (Lipinski definition) is 4. The number of rotatable bonds is 0. The molecule has 0 aromatic carbocycles. The van der Waals surface area contributed by atoms with Crippen LogP contribution in [0.5, 0.6) is 0 Å². The summed E-state index contributed by atoms with van der Waals surface area (Å²) in [7, 11) is 1.95. The normalized spacial score (nSPS) is 15.2. The number of nitrogens with one attached hydrogen (secondary N) is 1. The number of aromatic amines is 1. The summed E-state index contributed by atoms with van der Waals surface area (Å²) in [5, 5.41) is 12.8. The molecule has 0 aliphatic carbocycles. The third kappa shape index (κ3) is 1.03. The van der Waals surface area contributed by atoms with E-state index in [1.54, 1.807) is 0 Å². The highest BCUT2D eigenvalue weighted by molar-refractivity contribution is 5.54. The molecule has 1 N–H and O–H groups in total. The molecule has 16 heavy (non-hydrogen) atoms. The van der Waals surface area contributed by atoms with Crippen molar-refractivity contribution in [2.45, 2.75) is 13.1 Å². The Balaban J connectivity index is 2.41. The molecule has 0 spiro atoms. The molecule has 1 aliphatic heterocycles. The van der Waals surface area contributed by atoms with Gasteiger partial charge in [0.15, 0.2) is 5.65 Å². The monoisotopic (exact) mass is 215 g/mol. The zero-order valence-corrected chi connectivity index (χ0v) is 8.69. The van der Waals surface area contributed by atoms with Crippen LogP contribution in [0.3, 0.4) is 0 Å². The summed E-state index contributed by atoms with van der Waals surface area (Å²) in [6.45, 7) is 1.33. The Labute approximate surface area is 90.7 Å². The fraction of sp³-hybridized carbons (Fsp3) is 0.300. The summed E-state index contributed by atoms with van der Waals surface area (Å²) in [5.41, 5.74) is 2.38. The van der Waals surface area contributed by atoms with Gasteiger partial charge in [-0.1, -0.05) is 0 Å². The fourth-order valence-electron chi connectivity index (χ4n) is 2.07. The molecule has 6 nitrogen and oxygen atoms in total. The number of aromatic nitrogens is 3. The Morgan fingerprint density at radius 3 is 3.12 bits per heavy atom. The Morgan fingerprint density at radius 1 is 1.56 bits per heavy atom. The van der Waals surface area contributed by atoms with E-state index in [4.69, 9.17) is 5.26 Å². The first-order valence-electron chi connectivity index (χ1n) is 4.91. The van der Waals surface area contributed by atoms with Gasteiger partial charge >= 0.3 is 0 Å². The number of fused-ring (bicyclic) bond motifs is 2. The van der Waals surface area contributed by atoms with Crippen LogP contribution >= 0.6 is 0 Å². The molecule has 3 rings (SSSR count). The average molecular weight is 215 g/mol. The minimum Gasteiger partial charge on any atom is -0.341 e. The maximum Gasteiger partial charge on any atom is 0.279 e. The predicted octanol–water partition coefficient (Wildman–Crippen LogP) is -0.160. The van der Waals surface area contributed by atoms with Gasteiger partial charge < -0.3 is 4.98 Å². The molecular weight excluding hydrogens is 206 g/mol. The second-order valence-corrected chi connectivity index (χ2v) is 3.99. The van der Waals surface area contributed by atoms with E-state index in [1.165, 1.54) is 10.7 Å². The molecule has 0 amide bonds. The van der Waals surface area contributed by atoms with Crippen molar-refractivity contribution in [1.82, 2.24) is 19.5 Å². The summed E-state index contributed by atoms with van der Waals surface area (Å²) in [5.74, 6) is 0. The van der Waals surface area contributed by atoms with E-state index in [9.17, 15) is 4.79 Å². The lowest BCUT2D eigenvalue weighted by atomic mass is 10.2. The van der Waals surface area contributed by atoms with Crippen LogP contribution in [-0.4, -0.2) is 26.5 Å². The maximum absolute atomic E-state index is 12.0. The molecule has 0 bridgehead atoms. The second-order valence-electron chi connectivity index (χ2n) is 3.99. The van der Waals surface area contributed by atoms with E-state index in [0.717, 1.165) is 11.3 Å². The number of nitriles is 1. The zero-order valence-electron chi connectivity index (χ0n) is 8.69. The van der Waals surface area contributed by atoms with Gasteiger partial charge in [-0.25, -0.2) is 0 Å². The van der Waals surface area contributed by atoms with Gasteiger partial charge in [0.2, 0.25) is 0 Å². The molecule has 0 saturated carbocycles. The van der Waals surface area contributed by atoms with Gasteiger partial charge in [-0.3, -0.25) is 9.69 Å². The number of hydrogen-bond donors (Lipinski definition) is 1. The topological polar surface area (TPSA) is 77.2 Å². The first kappa shape index (κ1) is 9.12. The third-order valence-corrected chi connectivity index (χ3v) is 2.83. The first-order chi connectivity index (χ1) is 7.70. The van der Waals surface area contributed by atoms with Crippen molar-refractivity contribution in [3.63, 3.8) is 0 Å². The van der Waals surface area contributed by atoms with Crippen LogP contribution in [0.15, 0.2) is 11.0 Å². The predicted molar refractivity (Wildman–Crippen MR) is 55.7 cm³/mol. The molecule has 1 aliphatic rings. The van der Waals surface area contributed by atoms with E-state index in [0.29, 0.717) is 24.3 Å². The summed E-state index contributed by atoms with van der Waals surface area (Å²) in [6, 6.07) is 2.01. The number of H-pyrrole nitrogens is 1. The molecular formula is C10H9N5O. The van der Waals surface area contributed by atoms with Crippen LogP contribution < -0.4 is 5.56 Å². The van der Waals surface area contributed by atoms with E-state index in [1.807, 2.05) is 18.0 Å². The molecule has 2 aromatic heterocycles. The minimum absolute atomic E-state index is 0.130. The standard InChI is InChI=1S/C10H9N5O/c1-14-4-7-8(5-14)13-9-6(2-11)3-12-15(9)10(7)16/h3,13H,4-5H2,1H3. The van der Waals surface area contributed by atoms with E-state index >= 15 is 0 Å². The van der Waals surface area contributed by atoms with Gasteiger partial charge in [0.25, 0.3) is 5.56 Å². The van der Waals surface area contributed by atoms with Crippen molar-refractivity contribution in [3.05, 3.63) is 33.4 Å². The smallest absolute Gasteiger partial charge is 0.279 e. The van der Waals surface area contributed by atoms with Crippen molar-refractivity contribution in [2.24, 2.45) is 0 Å². The van der Waals surface area contributed by atoms with Crippen LogP contribution in [-0.2, 0) is 13.1 Å². The summed E-state index contributed by atoms with van der Waals surface area (Å²) >= 11 is 0. The van der Waals surface area contributed by atoms with Crippen LogP contribution in [0.4, 0.5) is 0 Å². The van der Waals surface area contributed by atoms with Crippen molar-refractivity contribution < 1.29 is 0 Å². The van der Waals surface area contributed by atoms with Gasteiger partial charge in [-0.2, -0.15) is 14.9 Å². The summed E-state index contributed by atoms with van der Waals surface area (Å²) in [6.07, 6.45) is 1.41. The molecule has 0 saturated heterocycles. The van der Waals surface area contributed by atoms with Gasteiger partial charge in [-0.15, -0.1) is 0 Å². The zero-order chi connectivity index (χ0) is 11.3.